The van der Waals surface area contributed by atoms with E-state index in [-0.39, 0.29) is 6.29 Å². The predicted molar refractivity (Wildman–Crippen MR) is 93.7 cm³/mol. The number of hydrogen-bond acceptors (Lipinski definition) is 6. The lowest BCUT2D eigenvalue weighted by atomic mass is 10.3. The number of nitrogens with zero attached hydrogens (tertiary/aromatic N) is 1. The van der Waals surface area contributed by atoms with Gasteiger partial charge in [-0.15, -0.1) is 17.9 Å². The van der Waals surface area contributed by atoms with Gasteiger partial charge in [0.2, 0.25) is 0 Å². The highest BCUT2D eigenvalue weighted by atomic mass is 32.1. The highest BCUT2D eigenvalue weighted by molar-refractivity contribution is 7.09. The van der Waals surface area contributed by atoms with Gasteiger partial charge in [0.05, 0.1) is 19.3 Å². The maximum absolute atomic E-state index is 10.2. The molecule has 1 unspecified atom stereocenters. The van der Waals surface area contributed by atoms with Gasteiger partial charge in [-0.25, -0.2) is 0 Å². The largest absolute Gasteiger partial charge is 0.389 e. The SMILES string of the molecule is C=CCOCC(O)CN(Cc1cccs1)CC(OCC)OCC. The smallest absolute Gasteiger partial charge is 0.170 e. The molecule has 0 aliphatic heterocycles. The summed E-state index contributed by atoms with van der Waals surface area (Å²) in [4.78, 5) is 3.39. The van der Waals surface area contributed by atoms with E-state index in [4.69, 9.17) is 14.2 Å². The van der Waals surface area contributed by atoms with Crippen molar-refractivity contribution < 1.29 is 19.3 Å². The number of rotatable bonds is 14. The Morgan fingerprint density at radius 2 is 2.04 bits per heavy atom. The van der Waals surface area contributed by atoms with Gasteiger partial charge in [-0.1, -0.05) is 12.1 Å². The van der Waals surface area contributed by atoms with Crippen molar-refractivity contribution >= 4 is 11.3 Å². The molecule has 1 rings (SSSR count). The van der Waals surface area contributed by atoms with Gasteiger partial charge in [-0.2, -0.15) is 0 Å². The molecule has 6 heteroatoms. The summed E-state index contributed by atoms with van der Waals surface area (Å²) in [6.45, 7) is 11.3. The van der Waals surface area contributed by atoms with Crippen molar-refractivity contribution in [3.05, 3.63) is 35.0 Å². The van der Waals surface area contributed by atoms with Crippen LogP contribution in [0.5, 0.6) is 0 Å². The molecule has 23 heavy (non-hydrogen) atoms. The van der Waals surface area contributed by atoms with Crippen LogP contribution >= 0.6 is 11.3 Å². The van der Waals surface area contributed by atoms with Crippen LogP contribution in [-0.4, -0.2) is 61.9 Å². The molecule has 0 aliphatic rings. The predicted octanol–water partition coefficient (Wildman–Crippen LogP) is 2.51. The summed E-state index contributed by atoms with van der Waals surface area (Å²) in [5, 5.41) is 12.2. The van der Waals surface area contributed by atoms with Gasteiger partial charge in [-0.3, -0.25) is 4.90 Å². The second-order valence-electron chi connectivity index (χ2n) is 5.09. The first-order chi connectivity index (χ1) is 11.2. The molecule has 0 saturated heterocycles. The Labute approximate surface area is 143 Å². The maximum Gasteiger partial charge on any atom is 0.170 e. The van der Waals surface area contributed by atoms with Crippen molar-refractivity contribution in [1.29, 1.82) is 0 Å². The first kappa shape index (κ1) is 20.3. The molecule has 0 bridgehead atoms. The lowest BCUT2D eigenvalue weighted by molar-refractivity contribution is -0.150. The highest BCUT2D eigenvalue weighted by Crippen LogP contribution is 2.13. The Morgan fingerprint density at radius 1 is 1.30 bits per heavy atom. The molecular weight excluding hydrogens is 314 g/mol. The molecule has 1 aromatic rings. The van der Waals surface area contributed by atoms with Crippen LogP contribution in [-0.2, 0) is 20.8 Å². The van der Waals surface area contributed by atoms with E-state index in [1.807, 2.05) is 19.9 Å². The van der Waals surface area contributed by atoms with Crippen LogP contribution in [0.15, 0.2) is 30.2 Å². The van der Waals surface area contributed by atoms with Gasteiger partial charge >= 0.3 is 0 Å². The molecule has 0 aromatic carbocycles. The molecule has 1 aromatic heterocycles. The third-order valence-corrected chi connectivity index (χ3v) is 3.95. The summed E-state index contributed by atoms with van der Waals surface area (Å²) < 4.78 is 16.6. The minimum Gasteiger partial charge on any atom is -0.389 e. The lowest BCUT2D eigenvalue weighted by Gasteiger charge is -2.28. The molecule has 1 N–H and O–H groups in total. The van der Waals surface area contributed by atoms with Crippen LogP contribution in [0.3, 0.4) is 0 Å². The van der Waals surface area contributed by atoms with Crippen LogP contribution < -0.4 is 0 Å². The third-order valence-electron chi connectivity index (χ3n) is 3.09. The fraction of sp³-hybridized carbons (Fsp3) is 0.647. The van der Waals surface area contributed by atoms with Crippen LogP contribution in [0.2, 0.25) is 0 Å². The minimum atomic E-state index is -0.557. The van der Waals surface area contributed by atoms with Gasteiger partial charge in [0, 0.05) is 37.7 Å². The lowest BCUT2D eigenvalue weighted by Crippen LogP contribution is -2.40. The zero-order valence-corrected chi connectivity index (χ0v) is 15.0. The topological polar surface area (TPSA) is 51.2 Å². The molecule has 1 atom stereocenters. The van der Waals surface area contributed by atoms with Gasteiger partial charge < -0.3 is 19.3 Å². The van der Waals surface area contributed by atoms with E-state index in [2.05, 4.69) is 22.9 Å². The summed E-state index contributed by atoms with van der Waals surface area (Å²) in [5.74, 6) is 0. The second kappa shape index (κ2) is 12.6. The highest BCUT2D eigenvalue weighted by Gasteiger charge is 2.18. The van der Waals surface area contributed by atoms with Crippen molar-refractivity contribution in [3.63, 3.8) is 0 Å². The molecule has 0 saturated carbocycles. The van der Waals surface area contributed by atoms with Gasteiger partial charge in [0.15, 0.2) is 6.29 Å². The summed E-state index contributed by atoms with van der Waals surface area (Å²) >= 11 is 1.70. The van der Waals surface area contributed by atoms with Crippen LogP contribution in [0, 0.1) is 0 Å². The fourth-order valence-electron chi connectivity index (χ4n) is 2.20. The van der Waals surface area contributed by atoms with Crippen molar-refractivity contribution in [1.82, 2.24) is 4.90 Å². The van der Waals surface area contributed by atoms with Gasteiger partial charge in [-0.05, 0) is 25.3 Å². The van der Waals surface area contributed by atoms with E-state index >= 15 is 0 Å². The molecule has 132 valence electrons. The van der Waals surface area contributed by atoms with Crippen LogP contribution in [0.1, 0.15) is 18.7 Å². The van der Waals surface area contributed by atoms with E-state index in [1.165, 1.54) is 4.88 Å². The standard InChI is InChI=1S/C17H29NO4S/c1-4-9-20-14-15(19)11-18(12-16-8-7-10-23-16)13-17(21-5-2)22-6-3/h4,7-8,10,15,17,19H,1,5-6,9,11-14H2,2-3H3. The molecule has 0 spiro atoms. The van der Waals surface area contributed by atoms with Gasteiger partial charge in [0.25, 0.3) is 0 Å². The number of aliphatic hydroxyl groups is 1. The molecular formula is C17H29NO4S. The average molecular weight is 343 g/mol. The second-order valence-corrected chi connectivity index (χ2v) is 6.13. The summed E-state index contributed by atoms with van der Waals surface area (Å²) in [6, 6.07) is 4.12. The van der Waals surface area contributed by atoms with Crippen molar-refractivity contribution in [2.75, 3.05) is 39.5 Å². The third kappa shape index (κ3) is 9.20. The summed E-state index contributed by atoms with van der Waals surface area (Å²) in [6.07, 6.45) is 0.834. The zero-order chi connectivity index (χ0) is 16.9. The molecule has 0 amide bonds. The first-order valence-corrected chi connectivity index (χ1v) is 8.92. The number of ether oxygens (including phenoxy) is 3. The quantitative estimate of drug-likeness (QED) is 0.320. The Balaban J connectivity index is 2.57. The zero-order valence-electron chi connectivity index (χ0n) is 14.1. The Hall–Kier alpha value is -0.760. The van der Waals surface area contributed by atoms with E-state index in [1.54, 1.807) is 17.4 Å². The molecule has 5 nitrogen and oxygen atoms in total. The maximum atomic E-state index is 10.2. The average Bonchev–Trinajstić information content (AvgIpc) is 3.01. The van der Waals surface area contributed by atoms with E-state index in [0.717, 1.165) is 6.54 Å². The molecule has 0 aliphatic carbocycles. The van der Waals surface area contributed by atoms with E-state index in [0.29, 0.717) is 39.5 Å². The van der Waals surface area contributed by atoms with E-state index < -0.39 is 6.10 Å². The van der Waals surface area contributed by atoms with E-state index in [9.17, 15) is 5.11 Å². The van der Waals surface area contributed by atoms with Gasteiger partial charge in [0.1, 0.15) is 0 Å². The molecule has 1 heterocycles. The number of thiophene rings is 1. The van der Waals surface area contributed by atoms with Crippen molar-refractivity contribution in [2.45, 2.75) is 32.8 Å². The summed E-state index contributed by atoms with van der Waals surface area (Å²) in [5.41, 5.74) is 0. The van der Waals surface area contributed by atoms with Crippen LogP contribution in [0.4, 0.5) is 0 Å². The number of aliphatic hydroxyl groups excluding tert-OH is 1. The monoisotopic (exact) mass is 343 g/mol. The van der Waals surface area contributed by atoms with Crippen LogP contribution in [0.25, 0.3) is 0 Å². The normalized spacial score (nSPS) is 12.9. The molecule has 0 fully saturated rings. The fourth-order valence-corrected chi connectivity index (χ4v) is 2.95. The minimum absolute atomic E-state index is 0.286. The number of hydrogen-bond donors (Lipinski definition) is 1. The summed E-state index contributed by atoms with van der Waals surface area (Å²) in [7, 11) is 0. The molecule has 0 radical (unpaired) electrons. The van der Waals surface area contributed by atoms with Crippen molar-refractivity contribution in [3.8, 4) is 0 Å². The Kier molecular flexibility index (Phi) is 11.1. The first-order valence-electron chi connectivity index (χ1n) is 8.04. The Morgan fingerprint density at radius 3 is 2.61 bits per heavy atom. The van der Waals surface area contributed by atoms with Crippen molar-refractivity contribution in [2.24, 2.45) is 0 Å². The Bertz CT molecular complexity index is 393.